The van der Waals surface area contributed by atoms with Crippen LogP contribution < -0.4 is 11.2 Å². The lowest BCUT2D eigenvalue weighted by Gasteiger charge is -2.35. The molecule has 0 unspecified atom stereocenters. The first-order valence-corrected chi connectivity index (χ1v) is 10.8. The summed E-state index contributed by atoms with van der Waals surface area (Å²) in [5, 5.41) is 0.196. The first-order valence-electron chi connectivity index (χ1n) is 10.5. The van der Waals surface area contributed by atoms with Crippen LogP contribution >= 0.6 is 11.6 Å². The van der Waals surface area contributed by atoms with Gasteiger partial charge in [-0.05, 0) is 30.7 Å². The lowest BCUT2D eigenvalue weighted by molar-refractivity contribution is 0.0535. The molecule has 0 radical (unpaired) electrons. The number of nitrogens with one attached hydrogen (secondary N) is 1. The van der Waals surface area contributed by atoms with Gasteiger partial charge in [0.05, 0.1) is 21.5 Å². The number of aryl methyl sites for hydroxylation is 1. The summed E-state index contributed by atoms with van der Waals surface area (Å²) >= 11 is 6.00. The van der Waals surface area contributed by atoms with Gasteiger partial charge in [-0.1, -0.05) is 18.5 Å². The smallest absolute Gasteiger partial charge is 0.329 e. The Labute approximate surface area is 192 Å². The fraction of sp³-hybridized carbons (Fsp3) is 0.318. The first-order chi connectivity index (χ1) is 15.8. The first kappa shape index (κ1) is 22.7. The molecule has 0 spiro atoms. The number of fused-ring (bicyclic) bond motifs is 1. The number of aromatic amines is 1. The topological polar surface area (TPSA) is 108 Å². The Hall–Kier alpha value is -3.53. The van der Waals surface area contributed by atoms with E-state index in [1.54, 1.807) is 9.80 Å². The second-order valence-electron chi connectivity index (χ2n) is 7.71. The molecule has 33 heavy (non-hydrogen) atoms. The van der Waals surface area contributed by atoms with Crippen molar-refractivity contribution >= 4 is 34.4 Å². The van der Waals surface area contributed by atoms with Crippen LogP contribution in [0.4, 0.5) is 4.39 Å². The molecule has 2 amide bonds. The lowest BCUT2D eigenvalue weighted by atomic mass is 10.1. The minimum atomic E-state index is -0.601. The van der Waals surface area contributed by atoms with Crippen molar-refractivity contribution in [3.05, 3.63) is 73.3 Å². The Morgan fingerprint density at radius 1 is 1.09 bits per heavy atom. The Morgan fingerprint density at radius 3 is 2.39 bits per heavy atom. The maximum atomic E-state index is 13.3. The summed E-state index contributed by atoms with van der Waals surface area (Å²) in [6, 6.07) is 5.04. The number of rotatable bonds is 4. The number of benzene rings is 1. The van der Waals surface area contributed by atoms with Crippen LogP contribution in [0.2, 0.25) is 5.02 Å². The predicted molar refractivity (Wildman–Crippen MR) is 120 cm³/mol. The molecule has 0 saturated carbocycles. The largest absolute Gasteiger partial charge is 0.335 e. The number of carbonyl (C=O) groups is 2. The monoisotopic (exact) mass is 473 g/mol. The average molecular weight is 474 g/mol. The Kier molecular flexibility index (Phi) is 6.28. The van der Waals surface area contributed by atoms with E-state index in [4.69, 9.17) is 11.6 Å². The van der Waals surface area contributed by atoms with Crippen LogP contribution in [0.1, 0.15) is 34.1 Å². The minimum Gasteiger partial charge on any atom is -0.335 e. The molecule has 3 aromatic rings. The van der Waals surface area contributed by atoms with Crippen molar-refractivity contribution in [3.8, 4) is 0 Å². The fourth-order valence-electron chi connectivity index (χ4n) is 3.84. The van der Waals surface area contributed by atoms with E-state index in [1.807, 2.05) is 6.92 Å². The molecule has 1 fully saturated rings. The van der Waals surface area contributed by atoms with E-state index in [-0.39, 0.29) is 65.2 Å². The molecule has 4 rings (SSSR count). The normalized spacial score (nSPS) is 14.0. The third kappa shape index (κ3) is 4.38. The van der Waals surface area contributed by atoms with Crippen LogP contribution in [0.5, 0.6) is 0 Å². The van der Waals surface area contributed by atoms with Crippen LogP contribution in [0.3, 0.4) is 0 Å². The SMILES string of the molecule is CCCn1c(=O)[nH]c(=O)c2cc(C(=O)N3CCN(C(=O)c4ccc(F)cc4Cl)CC3)cnc21. The molecule has 1 aliphatic rings. The van der Waals surface area contributed by atoms with Crippen molar-refractivity contribution in [2.75, 3.05) is 26.2 Å². The van der Waals surface area contributed by atoms with E-state index in [9.17, 15) is 23.6 Å². The number of H-pyrrole nitrogens is 1. The van der Waals surface area contributed by atoms with E-state index in [2.05, 4.69) is 9.97 Å². The number of carbonyl (C=O) groups excluding carboxylic acids is 2. The summed E-state index contributed by atoms with van der Waals surface area (Å²) in [6.07, 6.45) is 2.03. The van der Waals surface area contributed by atoms with Gasteiger partial charge in [0.25, 0.3) is 17.4 Å². The quantitative estimate of drug-likeness (QED) is 0.622. The molecular weight excluding hydrogens is 453 g/mol. The Morgan fingerprint density at radius 2 is 1.76 bits per heavy atom. The molecule has 0 bridgehead atoms. The molecule has 0 atom stereocenters. The zero-order valence-corrected chi connectivity index (χ0v) is 18.6. The van der Waals surface area contributed by atoms with Gasteiger partial charge in [0.15, 0.2) is 0 Å². The van der Waals surface area contributed by atoms with Crippen molar-refractivity contribution in [2.45, 2.75) is 19.9 Å². The number of amides is 2. The number of pyridine rings is 1. The van der Waals surface area contributed by atoms with E-state index in [0.29, 0.717) is 13.0 Å². The molecule has 1 N–H and O–H groups in total. The second-order valence-corrected chi connectivity index (χ2v) is 8.12. The van der Waals surface area contributed by atoms with Crippen LogP contribution in [0, 0.1) is 5.82 Å². The Bertz CT molecular complexity index is 1360. The zero-order chi connectivity index (χ0) is 23.7. The fourth-order valence-corrected chi connectivity index (χ4v) is 4.09. The van der Waals surface area contributed by atoms with Gasteiger partial charge in [0, 0.05) is 38.9 Å². The summed E-state index contributed by atoms with van der Waals surface area (Å²) in [4.78, 5) is 59.7. The highest BCUT2D eigenvalue weighted by Gasteiger charge is 2.27. The molecular formula is C22H21ClFN5O4. The maximum Gasteiger partial charge on any atom is 0.329 e. The summed E-state index contributed by atoms with van der Waals surface area (Å²) in [5.74, 6) is -1.19. The van der Waals surface area contributed by atoms with Crippen LogP contribution in [0.25, 0.3) is 11.0 Å². The number of halogens is 2. The highest BCUT2D eigenvalue weighted by molar-refractivity contribution is 6.33. The standard InChI is InChI=1S/C22H21ClFN5O4/c1-2-5-29-18-16(19(30)26-22(29)33)10-13(12-25-18)20(31)27-6-8-28(9-7-27)21(32)15-4-3-14(24)11-17(15)23/h3-4,10-12H,2,5-9H2,1H3,(H,26,30,33). The van der Waals surface area contributed by atoms with E-state index < -0.39 is 17.1 Å². The van der Waals surface area contributed by atoms with Gasteiger partial charge in [0.1, 0.15) is 11.5 Å². The van der Waals surface area contributed by atoms with Gasteiger partial charge in [-0.25, -0.2) is 14.2 Å². The average Bonchev–Trinajstić information content (AvgIpc) is 2.81. The van der Waals surface area contributed by atoms with Gasteiger partial charge >= 0.3 is 5.69 Å². The maximum absolute atomic E-state index is 13.3. The summed E-state index contributed by atoms with van der Waals surface area (Å²) in [7, 11) is 0. The van der Waals surface area contributed by atoms with Crippen LogP contribution in [0.15, 0.2) is 40.1 Å². The number of hydrogen-bond donors (Lipinski definition) is 1. The number of hydrogen-bond acceptors (Lipinski definition) is 5. The van der Waals surface area contributed by atoms with Gasteiger partial charge in [-0.2, -0.15) is 0 Å². The van der Waals surface area contributed by atoms with Crippen molar-refractivity contribution in [1.82, 2.24) is 24.3 Å². The van der Waals surface area contributed by atoms with Crippen molar-refractivity contribution in [2.24, 2.45) is 0 Å². The van der Waals surface area contributed by atoms with E-state index >= 15 is 0 Å². The second kappa shape index (κ2) is 9.14. The highest BCUT2D eigenvalue weighted by Crippen LogP contribution is 2.20. The number of piperazine rings is 1. The third-order valence-electron chi connectivity index (χ3n) is 5.54. The third-order valence-corrected chi connectivity index (χ3v) is 5.86. The van der Waals surface area contributed by atoms with Gasteiger partial charge in [-0.3, -0.25) is 23.9 Å². The van der Waals surface area contributed by atoms with Crippen molar-refractivity contribution < 1.29 is 14.0 Å². The zero-order valence-electron chi connectivity index (χ0n) is 17.8. The summed E-state index contributed by atoms with van der Waals surface area (Å²) in [6.45, 7) is 3.38. The molecule has 1 aromatic carbocycles. The molecule has 0 aliphatic carbocycles. The van der Waals surface area contributed by atoms with Crippen molar-refractivity contribution in [3.63, 3.8) is 0 Å². The minimum absolute atomic E-state index is 0.0347. The number of aromatic nitrogens is 3. The molecule has 2 aromatic heterocycles. The van der Waals surface area contributed by atoms with Gasteiger partial charge in [-0.15, -0.1) is 0 Å². The molecule has 1 aliphatic heterocycles. The molecule has 11 heteroatoms. The molecule has 172 valence electrons. The Balaban J connectivity index is 1.51. The molecule has 3 heterocycles. The van der Waals surface area contributed by atoms with E-state index in [0.717, 1.165) is 6.07 Å². The number of nitrogens with zero attached hydrogens (tertiary/aromatic N) is 4. The molecule has 1 saturated heterocycles. The molecule has 9 nitrogen and oxygen atoms in total. The predicted octanol–water partition coefficient (Wildman–Crippen LogP) is 1.89. The lowest BCUT2D eigenvalue weighted by Crippen LogP contribution is -2.50. The highest BCUT2D eigenvalue weighted by atomic mass is 35.5. The van der Waals surface area contributed by atoms with Crippen LogP contribution in [-0.2, 0) is 6.54 Å². The van der Waals surface area contributed by atoms with Crippen molar-refractivity contribution in [1.29, 1.82) is 0 Å². The van der Waals surface area contributed by atoms with E-state index in [1.165, 1.54) is 29.0 Å². The van der Waals surface area contributed by atoms with Gasteiger partial charge < -0.3 is 9.80 Å². The summed E-state index contributed by atoms with van der Waals surface area (Å²) < 4.78 is 14.6. The van der Waals surface area contributed by atoms with Gasteiger partial charge in [0.2, 0.25) is 0 Å². The summed E-state index contributed by atoms with van der Waals surface area (Å²) in [5.41, 5.74) is -0.488. The van der Waals surface area contributed by atoms with Crippen LogP contribution in [-0.4, -0.2) is 62.3 Å².